The molecule has 1 aromatic carbocycles. The minimum atomic E-state index is -0.860. The van der Waals surface area contributed by atoms with Crippen LogP contribution in [0.25, 0.3) is 0 Å². The predicted molar refractivity (Wildman–Crippen MR) is 127 cm³/mol. The number of aromatic nitrogens is 5. The number of anilines is 4. The van der Waals surface area contributed by atoms with Gasteiger partial charge in [0.2, 0.25) is 17.8 Å². The predicted octanol–water partition coefficient (Wildman–Crippen LogP) is 3.61. The molecule has 35 heavy (non-hydrogen) atoms. The second kappa shape index (κ2) is 8.94. The first-order valence-corrected chi connectivity index (χ1v) is 12.1. The number of halogens is 2. The van der Waals surface area contributed by atoms with Gasteiger partial charge in [-0.05, 0) is 49.7 Å². The number of hydrogen-bond acceptors (Lipinski definition) is 8. The lowest BCUT2D eigenvalue weighted by Crippen LogP contribution is -2.48. The van der Waals surface area contributed by atoms with Gasteiger partial charge in [-0.15, -0.1) is 10.2 Å². The lowest BCUT2D eigenvalue weighted by atomic mass is 9.92. The van der Waals surface area contributed by atoms with Crippen LogP contribution in [0.4, 0.5) is 32.1 Å². The van der Waals surface area contributed by atoms with Gasteiger partial charge in [0.25, 0.3) is 0 Å². The van der Waals surface area contributed by atoms with Gasteiger partial charge in [-0.1, -0.05) is 0 Å². The van der Waals surface area contributed by atoms with Gasteiger partial charge < -0.3 is 19.9 Å². The Bertz CT molecular complexity index is 1210. The van der Waals surface area contributed by atoms with Crippen LogP contribution >= 0.6 is 0 Å². The largest absolute Gasteiger partial charge is 0.480 e. The molecule has 4 heterocycles. The average Bonchev–Trinajstić information content (AvgIpc) is 3.27. The molecule has 2 aliphatic heterocycles. The number of nitrogens with zero attached hydrogens (tertiary/aromatic N) is 7. The minimum Gasteiger partial charge on any atom is -0.480 e. The smallest absolute Gasteiger partial charge is 0.244 e. The molecule has 0 spiro atoms. The van der Waals surface area contributed by atoms with Gasteiger partial charge in [0.1, 0.15) is 0 Å². The molecule has 1 unspecified atom stereocenters. The maximum atomic E-state index is 13.9. The van der Waals surface area contributed by atoms with E-state index < -0.39 is 11.6 Å². The lowest BCUT2D eigenvalue weighted by molar-refractivity contribution is 0.372. The third-order valence-electron chi connectivity index (χ3n) is 7.43. The van der Waals surface area contributed by atoms with Gasteiger partial charge in [-0.2, -0.15) is 10.1 Å². The molecule has 3 aliphatic rings. The summed E-state index contributed by atoms with van der Waals surface area (Å²) >= 11 is 0. The van der Waals surface area contributed by atoms with E-state index in [1.807, 2.05) is 15.6 Å². The van der Waals surface area contributed by atoms with Gasteiger partial charge in [-0.25, -0.2) is 13.5 Å². The fourth-order valence-corrected chi connectivity index (χ4v) is 5.70. The SMILES string of the molecule is COc1cc(N2C[C@H]3CC[C@@H](C2)C3Nc2nc3n(n2)CCCCN3c2ccc(F)c(F)c2)cnn1. The highest BCUT2D eigenvalue weighted by Gasteiger charge is 2.43. The van der Waals surface area contributed by atoms with Crippen molar-refractivity contribution in [2.45, 2.75) is 38.3 Å². The first kappa shape index (κ1) is 22.0. The Morgan fingerprint density at radius 2 is 1.80 bits per heavy atom. The summed E-state index contributed by atoms with van der Waals surface area (Å²) in [5.41, 5.74) is 1.61. The molecule has 1 saturated carbocycles. The van der Waals surface area contributed by atoms with Crippen molar-refractivity contribution < 1.29 is 13.5 Å². The van der Waals surface area contributed by atoms with E-state index in [4.69, 9.17) is 14.8 Å². The number of rotatable bonds is 5. The molecule has 1 N–H and O–H groups in total. The summed E-state index contributed by atoms with van der Waals surface area (Å²) in [4.78, 5) is 9.10. The van der Waals surface area contributed by atoms with Crippen molar-refractivity contribution >= 4 is 23.3 Å². The molecule has 2 fully saturated rings. The van der Waals surface area contributed by atoms with Gasteiger partial charge in [-0.3, -0.25) is 0 Å². The first-order chi connectivity index (χ1) is 17.1. The van der Waals surface area contributed by atoms with E-state index >= 15 is 0 Å². The highest BCUT2D eigenvalue weighted by atomic mass is 19.2. The van der Waals surface area contributed by atoms with Crippen LogP contribution in [0.3, 0.4) is 0 Å². The Hall–Kier alpha value is -3.50. The molecule has 2 bridgehead atoms. The maximum Gasteiger partial charge on any atom is 0.244 e. The van der Waals surface area contributed by atoms with E-state index in [1.54, 1.807) is 19.4 Å². The normalized spacial score (nSPS) is 23.7. The van der Waals surface area contributed by atoms with Crippen LogP contribution in [-0.4, -0.2) is 57.7 Å². The number of nitrogens with one attached hydrogen (secondary N) is 1. The number of benzene rings is 1. The molecule has 0 amide bonds. The topological polar surface area (TPSA) is 84.2 Å². The summed E-state index contributed by atoms with van der Waals surface area (Å²) in [5.74, 6) is 0.978. The summed E-state index contributed by atoms with van der Waals surface area (Å²) in [7, 11) is 1.60. The number of fused-ring (bicyclic) bond motifs is 3. The van der Waals surface area contributed by atoms with Crippen LogP contribution in [0.2, 0.25) is 0 Å². The highest BCUT2D eigenvalue weighted by molar-refractivity contribution is 5.59. The number of aryl methyl sites for hydroxylation is 1. The van der Waals surface area contributed by atoms with Gasteiger partial charge >= 0.3 is 0 Å². The van der Waals surface area contributed by atoms with E-state index in [-0.39, 0.29) is 6.04 Å². The van der Waals surface area contributed by atoms with Gasteiger partial charge in [0.15, 0.2) is 11.6 Å². The van der Waals surface area contributed by atoms with Crippen molar-refractivity contribution in [3.8, 4) is 5.88 Å². The van der Waals surface area contributed by atoms with Crippen molar-refractivity contribution in [2.24, 2.45) is 11.8 Å². The Morgan fingerprint density at radius 3 is 2.57 bits per heavy atom. The summed E-state index contributed by atoms with van der Waals surface area (Å²) in [6.07, 6.45) is 5.94. The number of hydrogen-bond donors (Lipinski definition) is 1. The molecule has 11 heteroatoms. The maximum absolute atomic E-state index is 13.9. The van der Waals surface area contributed by atoms with Crippen molar-refractivity contribution in [1.29, 1.82) is 0 Å². The fourth-order valence-electron chi connectivity index (χ4n) is 5.70. The molecule has 184 valence electrons. The quantitative estimate of drug-likeness (QED) is 0.591. The molecule has 0 radical (unpaired) electrons. The van der Waals surface area contributed by atoms with Crippen LogP contribution in [-0.2, 0) is 6.54 Å². The Labute approximate surface area is 202 Å². The molecule has 6 rings (SSSR count). The van der Waals surface area contributed by atoms with Crippen LogP contribution in [0.1, 0.15) is 25.7 Å². The van der Waals surface area contributed by atoms with Crippen LogP contribution in [0, 0.1) is 23.5 Å². The molecule has 9 nitrogen and oxygen atoms in total. The molecule has 3 aromatic rings. The van der Waals surface area contributed by atoms with E-state index in [2.05, 4.69) is 20.4 Å². The van der Waals surface area contributed by atoms with Crippen molar-refractivity contribution in [3.63, 3.8) is 0 Å². The fraction of sp³-hybridized carbons (Fsp3) is 0.500. The highest BCUT2D eigenvalue weighted by Crippen LogP contribution is 2.40. The van der Waals surface area contributed by atoms with E-state index in [9.17, 15) is 8.78 Å². The molecular formula is C24H28F2N8O. The van der Waals surface area contributed by atoms with Crippen molar-refractivity contribution in [1.82, 2.24) is 25.0 Å². The average molecular weight is 483 g/mol. The number of ether oxygens (including phenoxy) is 1. The number of piperidine rings is 1. The Kier molecular flexibility index (Phi) is 5.62. The van der Waals surface area contributed by atoms with E-state index in [0.717, 1.165) is 57.1 Å². The Balaban J connectivity index is 1.21. The summed E-state index contributed by atoms with van der Waals surface area (Å²) in [6, 6.07) is 6.20. The molecular weight excluding hydrogens is 454 g/mol. The summed E-state index contributed by atoms with van der Waals surface area (Å²) in [6.45, 7) is 3.25. The standard InChI is InChI=1S/C24H28F2N8O/c1-35-21-11-18(12-27-30-21)32-13-15-4-5-16(14-32)22(15)28-23-29-24-33(8-2-3-9-34(24)31-23)17-6-7-19(25)20(26)10-17/h6-7,10-12,15-16,22H,2-5,8-9,13-14H2,1H3,(H,28,31)/t15-,16+,22?. The zero-order valence-corrected chi connectivity index (χ0v) is 19.6. The van der Waals surface area contributed by atoms with Crippen LogP contribution < -0.4 is 19.9 Å². The third kappa shape index (κ3) is 4.12. The monoisotopic (exact) mass is 482 g/mol. The second-order valence-electron chi connectivity index (χ2n) is 9.54. The van der Waals surface area contributed by atoms with Gasteiger partial charge in [0.05, 0.1) is 19.0 Å². The Morgan fingerprint density at radius 1 is 1.00 bits per heavy atom. The number of methoxy groups -OCH3 is 1. The zero-order chi connectivity index (χ0) is 23.9. The molecule has 3 atom stereocenters. The van der Waals surface area contributed by atoms with E-state index in [1.165, 1.54) is 6.07 Å². The summed E-state index contributed by atoms with van der Waals surface area (Å²) < 4.78 is 34.6. The molecule has 1 aliphatic carbocycles. The van der Waals surface area contributed by atoms with E-state index in [0.29, 0.717) is 41.8 Å². The van der Waals surface area contributed by atoms with Crippen molar-refractivity contribution in [2.75, 3.05) is 41.9 Å². The molecule has 1 saturated heterocycles. The zero-order valence-electron chi connectivity index (χ0n) is 19.6. The third-order valence-corrected chi connectivity index (χ3v) is 7.43. The second-order valence-corrected chi connectivity index (χ2v) is 9.54. The van der Waals surface area contributed by atoms with Gasteiger partial charge in [0, 0.05) is 50.0 Å². The first-order valence-electron chi connectivity index (χ1n) is 12.1. The summed E-state index contributed by atoms with van der Waals surface area (Å²) in [5, 5.41) is 16.4. The molecule has 2 aromatic heterocycles. The lowest BCUT2D eigenvalue weighted by Gasteiger charge is -2.39. The van der Waals surface area contributed by atoms with Crippen LogP contribution in [0.5, 0.6) is 5.88 Å². The van der Waals surface area contributed by atoms with Crippen molar-refractivity contribution in [3.05, 3.63) is 42.1 Å². The minimum absolute atomic E-state index is 0.284. The van der Waals surface area contributed by atoms with Crippen LogP contribution in [0.15, 0.2) is 30.5 Å².